The zero-order chi connectivity index (χ0) is 24.3. The molecular formula is C25H25ClN2O5S. The Morgan fingerprint density at radius 2 is 1.65 bits per heavy atom. The quantitative estimate of drug-likeness (QED) is 0.516. The van der Waals surface area contributed by atoms with E-state index >= 15 is 0 Å². The van der Waals surface area contributed by atoms with Crippen LogP contribution in [0.3, 0.4) is 0 Å². The van der Waals surface area contributed by atoms with Gasteiger partial charge in [-0.2, -0.15) is 0 Å². The third kappa shape index (κ3) is 5.29. The molecule has 0 aromatic heterocycles. The monoisotopic (exact) mass is 500 g/mol. The summed E-state index contributed by atoms with van der Waals surface area (Å²) in [7, 11) is -4.00. The smallest absolute Gasteiger partial charge is 0.264 e. The molecule has 0 saturated carbocycles. The minimum absolute atomic E-state index is 0.0979. The largest absolute Gasteiger partial charge is 0.486 e. The Bertz CT molecular complexity index is 1280. The SMILES string of the molecule is Cc1ccc(S(=O)(=O)N(CC(=O)N[C@@H](C)c2ccc3c(c2)OCCO3)c2ccc(Cl)cc2)cc1. The Balaban J connectivity index is 1.56. The van der Waals surface area contributed by atoms with Crippen molar-refractivity contribution < 1.29 is 22.7 Å². The maximum absolute atomic E-state index is 13.5. The number of nitrogens with one attached hydrogen (secondary N) is 1. The molecule has 0 fully saturated rings. The van der Waals surface area contributed by atoms with E-state index in [0.717, 1.165) is 15.4 Å². The molecule has 3 aromatic rings. The molecule has 34 heavy (non-hydrogen) atoms. The molecule has 1 aliphatic rings. The lowest BCUT2D eigenvalue weighted by molar-refractivity contribution is -0.120. The number of benzene rings is 3. The van der Waals surface area contributed by atoms with Crippen molar-refractivity contribution in [3.8, 4) is 11.5 Å². The molecule has 0 saturated heterocycles. The van der Waals surface area contributed by atoms with E-state index in [0.29, 0.717) is 35.4 Å². The lowest BCUT2D eigenvalue weighted by Crippen LogP contribution is -2.41. The van der Waals surface area contributed by atoms with Gasteiger partial charge in [-0.05, 0) is 67.9 Å². The number of hydrogen-bond donors (Lipinski definition) is 1. The zero-order valence-corrected chi connectivity index (χ0v) is 20.4. The molecule has 1 heterocycles. The number of hydrogen-bond acceptors (Lipinski definition) is 5. The molecule has 1 amide bonds. The fourth-order valence-electron chi connectivity index (χ4n) is 3.59. The second kappa shape index (κ2) is 9.95. The van der Waals surface area contributed by atoms with Gasteiger partial charge in [0.1, 0.15) is 19.8 Å². The lowest BCUT2D eigenvalue weighted by atomic mass is 10.1. The molecule has 1 atom stereocenters. The highest BCUT2D eigenvalue weighted by Gasteiger charge is 2.28. The van der Waals surface area contributed by atoms with Crippen LogP contribution >= 0.6 is 11.6 Å². The van der Waals surface area contributed by atoms with Crippen molar-refractivity contribution in [1.82, 2.24) is 5.32 Å². The van der Waals surface area contributed by atoms with Gasteiger partial charge in [-0.25, -0.2) is 8.42 Å². The molecule has 0 bridgehead atoms. The van der Waals surface area contributed by atoms with Crippen LogP contribution in [0.2, 0.25) is 5.02 Å². The lowest BCUT2D eigenvalue weighted by Gasteiger charge is -2.25. The first-order valence-electron chi connectivity index (χ1n) is 10.8. The van der Waals surface area contributed by atoms with Gasteiger partial charge in [0.25, 0.3) is 10.0 Å². The summed E-state index contributed by atoms with van der Waals surface area (Å²) in [5.41, 5.74) is 2.09. The number of nitrogens with zero attached hydrogens (tertiary/aromatic N) is 1. The van der Waals surface area contributed by atoms with Crippen LogP contribution in [0.4, 0.5) is 5.69 Å². The number of amides is 1. The third-order valence-electron chi connectivity index (χ3n) is 5.45. The van der Waals surface area contributed by atoms with Gasteiger partial charge in [0, 0.05) is 5.02 Å². The predicted molar refractivity (Wildman–Crippen MR) is 131 cm³/mol. The van der Waals surface area contributed by atoms with Crippen LogP contribution in [-0.4, -0.2) is 34.1 Å². The molecule has 4 rings (SSSR count). The summed E-state index contributed by atoms with van der Waals surface area (Å²) < 4.78 is 39.2. The number of fused-ring (bicyclic) bond motifs is 1. The maximum Gasteiger partial charge on any atom is 0.264 e. The number of rotatable bonds is 7. The normalized spacial score (nSPS) is 13.7. The van der Waals surface area contributed by atoms with Crippen LogP contribution in [0.5, 0.6) is 11.5 Å². The number of carbonyl (C=O) groups excluding carboxylic acids is 1. The second-order valence-corrected chi connectivity index (χ2v) is 10.3. The standard InChI is InChI=1S/C25H25ClN2O5S/c1-17-3-10-22(11-4-17)34(30,31)28(21-8-6-20(26)7-9-21)16-25(29)27-18(2)19-5-12-23-24(15-19)33-14-13-32-23/h3-12,15,18H,13-14,16H2,1-2H3,(H,27,29)/t18-/m0/s1. The van der Waals surface area contributed by atoms with E-state index in [-0.39, 0.29) is 10.9 Å². The molecule has 1 aliphatic heterocycles. The van der Waals surface area contributed by atoms with Crippen molar-refractivity contribution in [2.24, 2.45) is 0 Å². The molecule has 0 aliphatic carbocycles. The first-order chi connectivity index (χ1) is 16.2. The van der Waals surface area contributed by atoms with Crippen molar-refractivity contribution in [2.45, 2.75) is 24.8 Å². The van der Waals surface area contributed by atoms with Crippen LogP contribution in [0.15, 0.2) is 71.6 Å². The number of anilines is 1. The Kier molecular flexibility index (Phi) is 7.00. The molecule has 0 radical (unpaired) electrons. The average molecular weight is 501 g/mol. The highest BCUT2D eigenvalue weighted by atomic mass is 35.5. The molecule has 9 heteroatoms. The third-order valence-corrected chi connectivity index (χ3v) is 7.49. The summed E-state index contributed by atoms with van der Waals surface area (Å²) in [6.45, 7) is 4.26. The summed E-state index contributed by atoms with van der Waals surface area (Å²) in [5.74, 6) is 0.828. The molecule has 7 nitrogen and oxygen atoms in total. The van der Waals surface area contributed by atoms with Gasteiger partial charge in [0.05, 0.1) is 16.6 Å². The summed E-state index contributed by atoms with van der Waals surface area (Å²) in [6.07, 6.45) is 0. The molecule has 178 valence electrons. The van der Waals surface area contributed by atoms with Crippen LogP contribution in [0.25, 0.3) is 0 Å². The first kappa shape index (κ1) is 23.9. The average Bonchev–Trinajstić information content (AvgIpc) is 2.83. The molecule has 0 unspecified atom stereocenters. The van der Waals surface area contributed by atoms with Crippen molar-refractivity contribution in [3.63, 3.8) is 0 Å². The van der Waals surface area contributed by atoms with Gasteiger partial charge in [0.15, 0.2) is 11.5 Å². The fourth-order valence-corrected chi connectivity index (χ4v) is 5.14. The van der Waals surface area contributed by atoms with Gasteiger partial charge in [0.2, 0.25) is 5.91 Å². The summed E-state index contributed by atoms with van der Waals surface area (Å²) in [4.78, 5) is 13.1. The Morgan fingerprint density at radius 1 is 1.00 bits per heavy atom. The number of sulfonamides is 1. The van der Waals surface area contributed by atoms with Gasteiger partial charge in [-0.15, -0.1) is 0 Å². The fraction of sp³-hybridized carbons (Fsp3) is 0.240. The van der Waals surface area contributed by atoms with Gasteiger partial charge in [-0.1, -0.05) is 35.4 Å². The Labute approximate surface area is 204 Å². The van der Waals surface area contributed by atoms with Crippen LogP contribution in [0.1, 0.15) is 24.1 Å². The number of aryl methyl sites for hydroxylation is 1. The first-order valence-corrected chi connectivity index (χ1v) is 12.6. The van der Waals surface area contributed by atoms with E-state index in [2.05, 4.69) is 5.32 Å². The molecule has 3 aromatic carbocycles. The minimum atomic E-state index is -4.00. The van der Waals surface area contributed by atoms with Crippen molar-refractivity contribution in [2.75, 3.05) is 24.1 Å². The van der Waals surface area contributed by atoms with Crippen molar-refractivity contribution >= 4 is 33.2 Å². The van der Waals surface area contributed by atoms with Crippen LogP contribution < -0.4 is 19.1 Å². The van der Waals surface area contributed by atoms with Gasteiger partial charge in [-0.3, -0.25) is 9.10 Å². The second-order valence-electron chi connectivity index (χ2n) is 7.99. The van der Waals surface area contributed by atoms with Crippen LogP contribution in [0, 0.1) is 6.92 Å². The van der Waals surface area contributed by atoms with Gasteiger partial charge < -0.3 is 14.8 Å². The van der Waals surface area contributed by atoms with Crippen molar-refractivity contribution in [3.05, 3.63) is 82.9 Å². The Hall–Kier alpha value is -3.23. The van der Waals surface area contributed by atoms with E-state index < -0.39 is 22.5 Å². The highest BCUT2D eigenvalue weighted by Crippen LogP contribution is 2.32. The van der Waals surface area contributed by atoms with E-state index in [1.807, 2.05) is 26.0 Å². The van der Waals surface area contributed by atoms with Crippen molar-refractivity contribution in [1.29, 1.82) is 0 Å². The highest BCUT2D eigenvalue weighted by molar-refractivity contribution is 7.92. The molecule has 1 N–H and O–H groups in total. The van der Waals surface area contributed by atoms with E-state index in [4.69, 9.17) is 21.1 Å². The zero-order valence-electron chi connectivity index (χ0n) is 18.8. The van der Waals surface area contributed by atoms with E-state index in [9.17, 15) is 13.2 Å². The number of ether oxygens (including phenoxy) is 2. The molecule has 0 spiro atoms. The predicted octanol–water partition coefficient (Wildman–Crippen LogP) is 4.49. The minimum Gasteiger partial charge on any atom is -0.486 e. The topological polar surface area (TPSA) is 84.9 Å². The summed E-state index contributed by atoms with van der Waals surface area (Å²) >= 11 is 5.99. The number of carbonyl (C=O) groups is 1. The van der Waals surface area contributed by atoms with Gasteiger partial charge >= 0.3 is 0 Å². The van der Waals surface area contributed by atoms with E-state index in [1.54, 1.807) is 42.5 Å². The summed E-state index contributed by atoms with van der Waals surface area (Å²) in [5, 5.41) is 3.35. The number of halogens is 1. The summed E-state index contributed by atoms with van der Waals surface area (Å²) in [6, 6.07) is 17.9. The van der Waals surface area contributed by atoms with Crippen LogP contribution in [-0.2, 0) is 14.8 Å². The molecular weight excluding hydrogens is 476 g/mol. The maximum atomic E-state index is 13.5. The Morgan fingerprint density at radius 3 is 2.32 bits per heavy atom. The van der Waals surface area contributed by atoms with E-state index in [1.165, 1.54) is 12.1 Å².